The molecule has 7 nitrogen and oxygen atoms in total. The van der Waals surface area contributed by atoms with E-state index in [-0.39, 0.29) is 6.54 Å². The van der Waals surface area contributed by atoms with E-state index in [2.05, 4.69) is 5.32 Å². The first-order chi connectivity index (χ1) is 10.4. The third kappa shape index (κ3) is 2.56. The summed E-state index contributed by atoms with van der Waals surface area (Å²) in [5.74, 6) is -1.85. The fourth-order valence-electron chi connectivity index (χ4n) is 3.87. The summed E-state index contributed by atoms with van der Waals surface area (Å²) in [5, 5.41) is 23.8. The number of unbranched alkanes of at least 4 members (excludes halogenated alkanes) is 2. The zero-order valence-corrected chi connectivity index (χ0v) is 13.2. The molecule has 0 aromatic heterocycles. The van der Waals surface area contributed by atoms with Gasteiger partial charge in [0.25, 0.3) is 0 Å². The van der Waals surface area contributed by atoms with Crippen molar-refractivity contribution in [3.8, 4) is 0 Å². The summed E-state index contributed by atoms with van der Waals surface area (Å²) < 4.78 is 0. The van der Waals surface area contributed by atoms with E-state index in [1.807, 2.05) is 6.92 Å². The van der Waals surface area contributed by atoms with Gasteiger partial charge in [0.1, 0.15) is 0 Å². The van der Waals surface area contributed by atoms with Crippen LogP contribution in [0.25, 0.3) is 0 Å². The molecule has 2 fully saturated rings. The number of carbonyl (C=O) groups excluding carboxylic acids is 1. The van der Waals surface area contributed by atoms with Crippen molar-refractivity contribution in [1.29, 1.82) is 0 Å². The second-order valence-corrected chi connectivity index (χ2v) is 6.52. The molecule has 5 N–H and O–H groups in total. The fourth-order valence-corrected chi connectivity index (χ4v) is 3.87. The molecule has 0 aliphatic carbocycles. The second-order valence-electron chi connectivity index (χ2n) is 6.52. The number of hydrogen-bond acceptors (Lipinski definition) is 6. The highest BCUT2D eigenvalue weighted by atomic mass is 16.5. The van der Waals surface area contributed by atoms with E-state index in [9.17, 15) is 19.9 Å². The molecule has 0 aromatic rings. The van der Waals surface area contributed by atoms with Crippen LogP contribution in [0.3, 0.4) is 0 Å². The molecule has 7 heteroatoms. The van der Waals surface area contributed by atoms with Gasteiger partial charge in [-0.05, 0) is 32.2 Å². The number of nitrogens with one attached hydrogen (secondary N) is 1. The maximum Gasteiger partial charge on any atom is 0.336 e. The molecule has 126 valence electrons. The molecule has 3 atom stereocenters. The standard InChI is InChI=1S/C15H27N3O4/c1-2-3-4-7-14(16)8-10-18(22)15(14,13(20)21)12(19)11-6-5-9-17-11/h11,17,22H,2-10,16H2,1H3,(H,20,21). The summed E-state index contributed by atoms with van der Waals surface area (Å²) in [5.41, 5.74) is 3.14. The van der Waals surface area contributed by atoms with Crippen LogP contribution in [-0.4, -0.2) is 57.3 Å². The largest absolute Gasteiger partial charge is 0.479 e. The average molecular weight is 313 g/mol. The second kappa shape index (κ2) is 6.62. The van der Waals surface area contributed by atoms with Crippen LogP contribution in [0.5, 0.6) is 0 Å². The Morgan fingerprint density at radius 2 is 2.14 bits per heavy atom. The van der Waals surface area contributed by atoms with E-state index < -0.39 is 28.9 Å². The predicted octanol–water partition coefficient (Wildman–Crippen LogP) is 0.504. The van der Waals surface area contributed by atoms with Crippen LogP contribution in [0.4, 0.5) is 0 Å². The first-order valence-electron chi connectivity index (χ1n) is 8.16. The van der Waals surface area contributed by atoms with Gasteiger partial charge in [0, 0.05) is 6.54 Å². The number of ketones is 1. The van der Waals surface area contributed by atoms with Crippen LogP contribution in [0.2, 0.25) is 0 Å². The number of hydrogen-bond donors (Lipinski definition) is 4. The van der Waals surface area contributed by atoms with Gasteiger partial charge in [-0.25, -0.2) is 4.79 Å². The first kappa shape index (κ1) is 17.3. The van der Waals surface area contributed by atoms with Gasteiger partial charge >= 0.3 is 5.97 Å². The van der Waals surface area contributed by atoms with Gasteiger partial charge in [0.2, 0.25) is 5.54 Å². The molecule has 2 rings (SSSR count). The Hall–Kier alpha value is -1.02. The van der Waals surface area contributed by atoms with Crippen molar-refractivity contribution in [3.05, 3.63) is 0 Å². The van der Waals surface area contributed by atoms with Crippen molar-refractivity contribution in [2.45, 2.75) is 69.0 Å². The van der Waals surface area contributed by atoms with Crippen molar-refractivity contribution in [2.75, 3.05) is 13.1 Å². The molecular weight excluding hydrogens is 286 g/mol. The summed E-state index contributed by atoms with van der Waals surface area (Å²) in [7, 11) is 0. The molecule has 2 saturated heterocycles. The molecule has 2 aliphatic heterocycles. The molecule has 3 unspecified atom stereocenters. The lowest BCUT2D eigenvalue weighted by molar-refractivity contribution is -0.195. The number of carboxylic acids is 1. The number of aliphatic carboxylic acids is 1. The third-order valence-electron chi connectivity index (χ3n) is 5.15. The number of hydroxylamine groups is 2. The smallest absolute Gasteiger partial charge is 0.336 e. The molecule has 22 heavy (non-hydrogen) atoms. The quantitative estimate of drug-likeness (QED) is 0.399. The average Bonchev–Trinajstić information content (AvgIpc) is 3.07. The summed E-state index contributed by atoms with van der Waals surface area (Å²) in [6, 6.07) is -0.544. The van der Waals surface area contributed by atoms with Gasteiger partial charge in [-0.15, -0.1) is 0 Å². The first-order valence-corrected chi connectivity index (χ1v) is 8.16. The van der Waals surface area contributed by atoms with E-state index in [1.54, 1.807) is 0 Å². The van der Waals surface area contributed by atoms with Gasteiger partial charge in [0.15, 0.2) is 5.78 Å². The minimum absolute atomic E-state index is 0.105. The molecule has 2 aliphatic rings. The molecule has 0 aromatic carbocycles. The highest BCUT2D eigenvalue weighted by molar-refractivity contribution is 6.12. The Morgan fingerprint density at radius 1 is 1.41 bits per heavy atom. The van der Waals surface area contributed by atoms with Crippen LogP contribution in [-0.2, 0) is 9.59 Å². The fraction of sp³-hybridized carbons (Fsp3) is 0.867. The van der Waals surface area contributed by atoms with Gasteiger partial charge in [0.05, 0.1) is 11.6 Å². The van der Waals surface area contributed by atoms with E-state index in [4.69, 9.17) is 5.73 Å². The monoisotopic (exact) mass is 313 g/mol. The number of carboxylic acid groups (broad SMARTS) is 1. The number of nitrogens with zero attached hydrogens (tertiary/aromatic N) is 1. The maximum absolute atomic E-state index is 12.9. The Kier molecular flexibility index (Phi) is 5.21. The van der Waals surface area contributed by atoms with E-state index in [0.29, 0.717) is 30.9 Å². The van der Waals surface area contributed by atoms with E-state index >= 15 is 0 Å². The number of Topliss-reactive ketones (excluding diaryl/α,β-unsaturated/α-hetero) is 1. The van der Waals surface area contributed by atoms with Crippen LogP contribution in [0, 0.1) is 0 Å². The lowest BCUT2D eigenvalue weighted by Gasteiger charge is -2.42. The number of rotatable bonds is 7. The van der Waals surface area contributed by atoms with Gasteiger partial charge < -0.3 is 21.4 Å². The Morgan fingerprint density at radius 3 is 2.68 bits per heavy atom. The highest BCUT2D eigenvalue weighted by Gasteiger charge is 2.68. The van der Waals surface area contributed by atoms with Crippen molar-refractivity contribution in [2.24, 2.45) is 5.73 Å². The van der Waals surface area contributed by atoms with Gasteiger partial charge in [-0.2, -0.15) is 5.06 Å². The SMILES string of the molecule is CCCCCC1(N)CCN(O)C1(C(=O)O)C(=O)C1CCCN1. The van der Waals surface area contributed by atoms with Crippen molar-refractivity contribution in [3.63, 3.8) is 0 Å². The van der Waals surface area contributed by atoms with Gasteiger partial charge in [-0.3, -0.25) is 4.79 Å². The highest BCUT2D eigenvalue weighted by Crippen LogP contribution is 2.41. The molecule has 0 amide bonds. The molecular formula is C15H27N3O4. The number of nitrogens with two attached hydrogens (primary N) is 1. The summed E-state index contributed by atoms with van der Waals surface area (Å²) >= 11 is 0. The van der Waals surface area contributed by atoms with Gasteiger partial charge in [-0.1, -0.05) is 26.2 Å². The minimum Gasteiger partial charge on any atom is -0.479 e. The van der Waals surface area contributed by atoms with Crippen molar-refractivity contribution >= 4 is 11.8 Å². The lowest BCUT2D eigenvalue weighted by atomic mass is 9.70. The maximum atomic E-state index is 12.9. The lowest BCUT2D eigenvalue weighted by Crippen LogP contribution is -2.73. The van der Waals surface area contributed by atoms with Crippen LogP contribution in [0.1, 0.15) is 51.9 Å². The molecule has 0 radical (unpaired) electrons. The Balaban J connectivity index is 2.35. The normalized spacial score (nSPS) is 35.9. The summed E-state index contributed by atoms with van der Waals surface area (Å²) in [6.45, 7) is 2.84. The zero-order chi connectivity index (χ0) is 16.4. The Labute approximate surface area is 130 Å². The summed E-state index contributed by atoms with van der Waals surface area (Å²) in [4.78, 5) is 25.0. The molecule has 0 bridgehead atoms. The van der Waals surface area contributed by atoms with Crippen LogP contribution in [0.15, 0.2) is 0 Å². The van der Waals surface area contributed by atoms with Crippen LogP contribution >= 0.6 is 0 Å². The number of carbonyl (C=O) groups is 2. The van der Waals surface area contributed by atoms with E-state index in [1.165, 1.54) is 0 Å². The van der Waals surface area contributed by atoms with Crippen molar-refractivity contribution in [1.82, 2.24) is 10.4 Å². The molecule has 0 saturated carbocycles. The van der Waals surface area contributed by atoms with Crippen molar-refractivity contribution < 1.29 is 19.9 Å². The Bertz CT molecular complexity index is 439. The predicted molar refractivity (Wildman–Crippen MR) is 80.6 cm³/mol. The van der Waals surface area contributed by atoms with E-state index in [0.717, 1.165) is 25.7 Å². The third-order valence-corrected chi connectivity index (χ3v) is 5.15. The molecule has 2 heterocycles. The molecule has 0 spiro atoms. The van der Waals surface area contributed by atoms with Crippen LogP contribution < -0.4 is 11.1 Å². The summed E-state index contributed by atoms with van der Waals surface area (Å²) in [6.07, 6.45) is 4.80. The topological polar surface area (TPSA) is 116 Å². The zero-order valence-electron chi connectivity index (χ0n) is 13.2. The minimum atomic E-state index is -2.04.